The topological polar surface area (TPSA) is 17.1 Å². The van der Waals surface area contributed by atoms with Crippen LogP contribution in [0.5, 0.6) is 0 Å². The number of thioether (sulfide) groups is 1. The van der Waals surface area contributed by atoms with Crippen molar-refractivity contribution in [2.24, 2.45) is 5.92 Å². The molecule has 0 saturated carbocycles. The summed E-state index contributed by atoms with van der Waals surface area (Å²) in [5, 5.41) is 0.332. The van der Waals surface area contributed by atoms with Crippen molar-refractivity contribution in [3.8, 4) is 0 Å². The first-order valence-corrected chi connectivity index (χ1v) is 6.00. The lowest BCUT2D eigenvalue weighted by molar-refractivity contribution is -0.111. The van der Waals surface area contributed by atoms with E-state index >= 15 is 0 Å². The molecule has 0 amide bonds. The summed E-state index contributed by atoms with van der Waals surface area (Å²) in [7, 11) is 0. The Morgan fingerprint density at radius 2 is 2.08 bits per heavy atom. The fraction of sp³-hybridized carbons (Fsp3) is 0.900. The van der Waals surface area contributed by atoms with Crippen molar-refractivity contribution >= 4 is 16.9 Å². The van der Waals surface area contributed by atoms with Crippen LogP contribution < -0.4 is 0 Å². The molecule has 0 aromatic carbocycles. The molecule has 0 radical (unpaired) electrons. The molecule has 0 aromatic rings. The fourth-order valence-corrected chi connectivity index (χ4v) is 1.66. The van der Waals surface area contributed by atoms with Gasteiger partial charge in [0.25, 0.3) is 0 Å². The molecule has 0 spiro atoms. The maximum absolute atomic E-state index is 11.0. The predicted octanol–water partition coefficient (Wildman–Crippen LogP) is 3.48. The summed E-state index contributed by atoms with van der Waals surface area (Å²) in [4.78, 5) is 11.0. The van der Waals surface area contributed by atoms with Crippen LogP contribution >= 0.6 is 11.8 Å². The zero-order chi connectivity index (χ0) is 9.40. The largest absolute Gasteiger partial charge is 0.287 e. The van der Waals surface area contributed by atoms with E-state index in [-0.39, 0.29) is 0 Å². The van der Waals surface area contributed by atoms with E-state index < -0.39 is 0 Å². The van der Waals surface area contributed by atoms with Gasteiger partial charge >= 0.3 is 0 Å². The molecule has 72 valence electrons. The van der Waals surface area contributed by atoms with Gasteiger partial charge in [0.2, 0.25) is 0 Å². The van der Waals surface area contributed by atoms with E-state index in [2.05, 4.69) is 13.8 Å². The number of hydrogen-bond acceptors (Lipinski definition) is 2. The van der Waals surface area contributed by atoms with Crippen LogP contribution in [0.25, 0.3) is 0 Å². The lowest BCUT2D eigenvalue weighted by atomic mass is 10.0. The number of hydrogen-bond donors (Lipinski definition) is 0. The van der Waals surface area contributed by atoms with Crippen molar-refractivity contribution in [1.82, 2.24) is 0 Å². The van der Waals surface area contributed by atoms with Gasteiger partial charge in [-0.15, -0.1) is 0 Å². The molecule has 0 rings (SSSR count). The minimum Gasteiger partial charge on any atom is -0.287 e. The summed E-state index contributed by atoms with van der Waals surface area (Å²) in [6.07, 6.45) is 7.67. The van der Waals surface area contributed by atoms with Gasteiger partial charge in [-0.1, -0.05) is 51.3 Å². The third-order valence-electron chi connectivity index (χ3n) is 2.04. The first kappa shape index (κ1) is 12.0. The van der Waals surface area contributed by atoms with Crippen LogP contribution in [0.4, 0.5) is 0 Å². The van der Waals surface area contributed by atoms with Crippen LogP contribution in [-0.4, -0.2) is 11.4 Å². The quantitative estimate of drug-likeness (QED) is 0.594. The number of carbonyl (C=O) groups is 1. The molecule has 0 bridgehead atoms. The van der Waals surface area contributed by atoms with E-state index in [1.807, 2.05) is 6.26 Å². The molecule has 0 aliphatic heterocycles. The molecule has 12 heavy (non-hydrogen) atoms. The highest BCUT2D eigenvalue weighted by Crippen LogP contribution is 2.15. The maximum Gasteiger partial charge on any atom is 0.188 e. The summed E-state index contributed by atoms with van der Waals surface area (Å²) < 4.78 is 0. The van der Waals surface area contributed by atoms with Crippen molar-refractivity contribution in [3.05, 3.63) is 0 Å². The summed E-state index contributed by atoms with van der Waals surface area (Å²) in [5.74, 6) is 0.580. The second-order valence-corrected chi connectivity index (χ2v) is 4.24. The van der Waals surface area contributed by atoms with Gasteiger partial charge < -0.3 is 0 Å². The van der Waals surface area contributed by atoms with Crippen LogP contribution in [0.15, 0.2) is 0 Å². The zero-order valence-corrected chi connectivity index (χ0v) is 9.25. The minimum absolute atomic E-state index is 0.332. The van der Waals surface area contributed by atoms with Crippen LogP contribution in [-0.2, 0) is 4.79 Å². The van der Waals surface area contributed by atoms with E-state index in [1.54, 1.807) is 0 Å². The van der Waals surface area contributed by atoms with Gasteiger partial charge in [-0.05, 0) is 12.2 Å². The Kier molecular flexibility index (Phi) is 7.67. The summed E-state index contributed by atoms with van der Waals surface area (Å²) in [6.45, 7) is 4.38. The van der Waals surface area contributed by atoms with Crippen LogP contribution in [0.3, 0.4) is 0 Å². The normalized spacial score (nSPS) is 12.9. The molecular weight excluding hydrogens is 168 g/mol. The third kappa shape index (κ3) is 6.71. The first-order valence-electron chi connectivity index (χ1n) is 4.77. The van der Waals surface area contributed by atoms with E-state index in [4.69, 9.17) is 0 Å². The maximum atomic E-state index is 11.0. The molecule has 0 heterocycles. The lowest BCUT2D eigenvalue weighted by Crippen LogP contribution is -2.01. The molecular formula is C10H20OS. The molecule has 0 fully saturated rings. The van der Waals surface area contributed by atoms with Gasteiger partial charge in [0.15, 0.2) is 5.12 Å². The smallest absolute Gasteiger partial charge is 0.188 e. The first-order chi connectivity index (χ1) is 5.70. The van der Waals surface area contributed by atoms with Crippen LogP contribution in [0, 0.1) is 5.92 Å². The van der Waals surface area contributed by atoms with Crippen LogP contribution in [0.1, 0.15) is 46.0 Å². The SMILES string of the molecule is CCCCC[C@H](C)CC(=O)SC. The molecule has 0 aliphatic carbocycles. The second kappa shape index (κ2) is 7.66. The Morgan fingerprint density at radius 1 is 1.42 bits per heavy atom. The van der Waals surface area contributed by atoms with Gasteiger partial charge in [-0.25, -0.2) is 0 Å². The molecule has 0 aromatic heterocycles. The molecule has 1 atom stereocenters. The second-order valence-electron chi connectivity index (χ2n) is 3.38. The van der Waals surface area contributed by atoms with E-state index in [0.717, 1.165) is 6.42 Å². The van der Waals surface area contributed by atoms with Gasteiger partial charge in [-0.3, -0.25) is 4.79 Å². The van der Waals surface area contributed by atoms with E-state index in [0.29, 0.717) is 11.0 Å². The molecule has 2 heteroatoms. The van der Waals surface area contributed by atoms with Crippen molar-refractivity contribution in [2.45, 2.75) is 46.0 Å². The number of rotatable bonds is 6. The van der Waals surface area contributed by atoms with Crippen molar-refractivity contribution in [3.63, 3.8) is 0 Å². The summed E-state index contributed by atoms with van der Waals surface area (Å²) in [5.41, 5.74) is 0. The highest BCUT2D eigenvalue weighted by atomic mass is 32.2. The number of carbonyl (C=O) groups excluding carboxylic acids is 1. The van der Waals surface area contributed by atoms with Crippen molar-refractivity contribution < 1.29 is 4.79 Å². The van der Waals surface area contributed by atoms with E-state index in [9.17, 15) is 4.79 Å². The minimum atomic E-state index is 0.332. The van der Waals surface area contributed by atoms with Gasteiger partial charge in [0.1, 0.15) is 0 Å². The molecule has 0 saturated heterocycles. The summed E-state index contributed by atoms with van der Waals surface area (Å²) in [6, 6.07) is 0. The highest BCUT2D eigenvalue weighted by Gasteiger charge is 2.06. The zero-order valence-electron chi connectivity index (χ0n) is 8.43. The number of unbranched alkanes of at least 4 members (excludes halogenated alkanes) is 2. The monoisotopic (exact) mass is 188 g/mol. The van der Waals surface area contributed by atoms with Crippen LogP contribution in [0.2, 0.25) is 0 Å². The van der Waals surface area contributed by atoms with Gasteiger partial charge in [-0.2, -0.15) is 0 Å². The predicted molar refractivity (Wildman–Crippen MR) is 56.4 cm³/mol. The Bertz CT molecular complexity index is 123. The van der Waals surface area contributed by atoms with Crippen molar-refractivity contribution in [1.29, 1.82) is 0 Å². The van der Waals surface area contributed by atoms with E-state index in [1.165, 1.54) is 37.4 Å². The highest BCUT2D eigenvalue weighted by molar-refractivity contribution is 8.13. The average Bonchev–Trinajstić information content (AvgIpc) is 2.05. The Labute approximate surface area is 80.3 Å². The van der Waals surface area contributed by atoms with Gasteiger partial charge in [0.05, 0.1) is 0 Å². The summed E-state index contributed by atoms with van der Waals surface area (Å²) >= 11 is 1.35. The molecule has 0 N–H and O–H groups in total. The van der Waals surface area contributed by atoms with Crippen molar-refractivity contribution in [2.75, 3.05) is 6.26 Å². The molecule has 1 nitrogen and oxygen atoms in total. The standard InChI is InChI=1S/C10H20OS/c1-4-5-6-7-9(2)8-10(11)12-3/h9H,4-8H2,1-3H3/t9-/m0/s1. The lowest BCUT2D eigenvalue weighted by Gasteiger charge is -2.08. The molecule has 0 unspecified atom stereocenters. The Morgan fingerprint density at radius 3 is 2.58 bits per heavy atom. The van der Waals surface area contributed by atoms with Gasteiger partial charge in [0, 0.05) is 6.42 Å². The molecule has 0 aliphatic rings. The third-order valence-corrected chi connectivity index (χ3v) is 2.67. The average molecular weight is 188 g/mol. The fourth-order valence-electron chi connectivity index (χ4n) is 1.21. The Hall–Kier alpha value is 0.0200. The Balaban J connectivity index is 3.32.